The summed E-state index contributed by atoms with van der Waals surface area (Å²) in [5, 5.41) is 10.3. The van der Waals surface area contributed by atoms with E-state index in [9.17, 15) is 14.2 Å². The van der Waals surface area contributed by atoms with Gasteiger partial charge in [0.1, 0.15) is 6.54 Å². The van der Waals surface area contributed by atoms with Crippen LogP contribution in [0.15, 0.2) is 0 Å². The number of methoxy groups -OCH3 is 1. The van der Waals surface area contributed by atoms with Crippen LogP contribution in [0.5, 0.6) is 0 Å². The number of carboxylic acid groups (broad SMARTS) is 1. The van der Waals surface area contributed by atoms with Gasteiger partial charge in [0.05, 0.1) is 7.11 Å². The average molecular weight is 240 g/mol. The Morgan fingerprint density at radius 2 is 2.13 bits per heavy atom. The average Bonchev–Trinajstić information content (AvgIpc) is 2.12. The largest absolute Gasteiger partial charge is 0.617 e. The van der Waals surface area contributed by atoms with E-state index in [0.717, 1.165) is 0 Å². The number of nitrogens with one attached hydrogen (secondary N) is 1. The molecule has 0 spiro atoms. The molecule has 2 unspecified atom stereocenters. The van der Waals surface area contributed by atoms with E-state index in [1.807, 2.05) is 0 Å². The van der Waals surface area contributed by atoms with E-state index in [1.54, 1.807) is 0 Å². The molecule has 0 heterocycles. The van der Waals surface area contributed by atoms with E-state index < -0.39 is 26.6 Å². The standard InChI is InChI=1S/C6H10NO7P/c1-4(13-6(9)10)14-15(11)7-3-5(8)12-2/h4H,3H2,1-2H3,(H-,7,9,10,11)/p+1. The van der Waals surface area contributed by atoms with Gasteiger partial charge in [-0.2, -0.15) is 0 Å². The quantitative estimate of drug-likeness (QED) is 0.391. The van der Waals surface area contributed by atoms with Gasteiger partial charge in [-0.25, -0.2) is 4.79 Å². The molecule has 0 aliphatic rings. The molecule has 2 atom stereocenters. The molecule has 0 aliphatic carbocycles. The van der Waals surface area contributed by atoms with Gasteiger partial charge in [-0.15, -0.1) is 0 Å². The minimum Gasteiger partial charge on any atom is -0.468 e. The van der Waals surface area contributed by atoms with Crippen molar-refractivity contribution in [3.05, 3.63) is 0 Å². The van der Waals surface area contributed by atoms with Crippen molar-refractivity contribution in [1.82, 2.24) is 5.09 Å². The molecule has 0 aromatic rings. The number of carbonyl (C=O) groups is 2. The monoisotopic (exact) mass is 240 g/mol. The first kappa shape index (κ1) is 13.8. The Kier molecular flexibility index (Phi) is 6.52. The predicted octanol–water partition coefficient (Wildman–Crippen LogP) is 0.464. The van der Waals surface area contributed by atoms with Crippen molar-refractivity contribution in [3.8, 4) is 0 Å². The summed E-state index contributed by atoms with van der Waals surface area (Å²) in [6.45, 7) is 0.951. The van der Waals surface area contributed by atoms with E-state index >= 15 is 0 Å². The lowest BCUT2D eigenvalue weighted by Gasteiger charge is -2.02. The highest BCUT2D eigenvalue weighted by Gasteiger charge is 2.25. The van der Waals surface area contributed by atoms with Crippen molar-refractivity contribution in [1.29, 1.82) is 0 Å². The minimum atomic E-state index is -2.38. The zero-order chi connectivity index (χ0) is 11.8. The second kappa shape index (κ2) is 7.10. The topological polar surface area (TPSA) is 111 Å². The fraction of sp³-hybridized carbons (Fsp3) is 0.667. The van der Waals surface area contributed by atoms with Crippen LogP contribution in [0.3, 0.4) is 0 Å². The highest BCUT2D eigenvalue weighted by molar-refractivity contribution is 7.36. The molecule has 0 aliphatic heterocycles. The maximum Gasteiger partial charge on any atom is 0.617 e. The van der Waals surface area contributed by atoms with Gasteiger partial charge in [0.2, 0.25) is 0 Å². The molecule has 8 nitrogen and oxygen atoms in total. The SMILES string of the molecule is COC(=O)CN[P+](=O)OC(C)OC(=O)O. The number of hydrogen-bond acceptors (Lipinski definition) is 6. The van der Waals surface area contributed by atoms with Crippen LogP contribution >= 0.6 is 8.18 Å². The van der Waals surface area contributed by atoms with Crippen LogP contribution in [0.25, 0.3) is 0 Å². The molecule has 0 saturated carbocycles. The second-order valence-electron chi connectivity index (χ2n) is 2.22. The smallest absolute Gasteiger partial charge is 0.468 e. The highest BCUT2D eigenvalue weighted by Crippen LogP contribution is 2.19. The first-order chi connectivity index (χ1) is 6.95. The summed E-state index contributed by atoms with van der Waals surface area (Å²) in [4.78, 5) is 20.6. The van der Waals surface area contributed by atoms with Crippen molar-refractivity contribution in [2.45, 2.75) is 13.2 Å². The molecule has 0 rings (SSSR count). The van der Waals surface area contributed by atoms with Crippen molar-refractivity contribution in [3.63, 3.8) is 0 Å². The molecular weight excluding hydrogens is 229 g/mol. The van der Waals surface area contributed by atoms with Crippen LogP contribution in [0.2, 0.25) is 0 Å². The third-order valence-corrected chi connectivity index (χ3v) is 2.00. The summed E-state index contributed by atoms with van der Waals surface area (Å²) in [5.74, 6) is -0.617. The number of carbonyl (C=O) groups excluding carboxylic acids is 1. The van der Waals surface area contributed by atoms with Crippen molar-refractivity contribution in [2.75, 3.05) is 13.7 Å². The van der Waals surface area contributed by atoms with Gasteiger partial charge in [-0.1, -0.05) is 9.61 Å². The van der Waals surface area contributed by atoms with Gasteiger partial charge in [0.15, 0.2) is 0 Å². The van der Waals surface area contributed by atoms with Gasteiger partial charge in [-0.05, 0) is 4.57 Å². The van der Waals surface area contributed by atoms with Gasteiger partial charge < -0.3 is 14.6 Å². The molecule has 15 heavy (non-hydrogen) atoms. The van der Waals surface area contributed by atoms with E-state index in [2.05, 4.69) is 19.1 Å². The Morgan fingerprint density at radius 1 is 1.53 bits per heavy atom. The number of hydrogen-bond donors (Lipinski definition) is 2. The molecule has 86 valence electrons. The molecule has 0 radical (unpaired) electrons. The Hall–Kier alpha value is -1.24. The number of esters is 1. The first-order valence-electron chi connectivity index (χ1n) is 3.79. The van der Waals surface area contributed by atoms with Crippen LogP contribution in [0.4, 0.5) is 4.79 Å². The fourth-order valence-corrected chi connectivity index (χ4v) is 1.18. The zero-order valence-corrected chi connectivity index (χ0v) is 9.02. The normalized spacial score (nSPS) is 12.8. The Morgan fingerprint density at radius 3 is 2.60 bits per heavy atom. The van der Waals surface area contributed by atoms with Crippen LogP contribution < -0.4 is 5.09 Å². The molecule has 0 bridgehead atoms. The predicted molar refractivity (Wildman–Crippen MR) is 47.3 cm³/mol. The Bertz CT molecular complexity index is 256. The molecule has 0 saturated heterocycles. The zero-order valence-electron chi connectivity index (χ0n) is 8.13. The van der Waals surface area contributed by atoms with Crippen LogP contribution in [-0.2, 0) is 23.4 Å². The third kappa shape index (κ3) is 7.80. The van der Waals surface area contributed by atoms with E-state index in [1.165, 1.54) is 14.0 Å². The lowest BCUT2D eigenvalue weighted by atomic mass is 10.7. The molecule has 0 amide bonds. The summed E-state index contributed by atoms with van der Waals surface area (Å²) >= 11 is 0. The maximum atomic E-state index is 11.0. The molecule has 9 heteroatoms. The maximum absolute atomic E-state index is 11.0. The van der Waals surface area contributed by atoms with Crippen molar-refractivity contribution >= 4 is 20.3 Å². The lowest BCUT2D eigenvalue weighted by molar-refractivity contribution is -0.139. The van der Waals surface area contributed by atoms with Crippen LogP contribution in [0.1, 0.15) is 6.92 Å². The lowest BCUT2D eigenvalue weighted by Crippen LogP contribution is -2.21. The summed E-state index contributed by atoms with van der Waals surface area (Å²) in [5.41, 5.74) is 0. The fourth-order valence-electron chi connectivity index (χ4n) is 0.537. The summed E-state index contributed by atoms with van der Waals surface area (Å²) in [7, 11) is -1.20. The van der Waals surface area contributed by atoms with E-state index in [0.29, 0.717) is 0 Å². The molecule has 0 aromatic carbocycles. The number of rotatable bonds is 6. The van der Waals surface area contributed by atoms with Gasteiger partial charge in [0, 0.05) is 6.92 Å². The van der Waals surface area contributed by atoms with Crippen LogP contribution in [-0.4, -0.2) is 37.2 Å². The third-order valence-electron chi connectivity index (χ3n) is 1.09. The van der Waals surface area contributed by atoms with E-state index in [4.69, 9.17) is 5.11 Å². The molecule has 2 N–H and O–H groups in total. The Balaban J connectivity index is 3.73. The van der Waals surface area contributed by atoms with Gasteiger partial charge in [0.25, 0.3) is 6.29 Å². The Labute approximate surface area is 86.4 Å². The highest BCUT2D eigenvalue weighted by atomic mass is 31.1. The minimum absolute atomic E-state index is 0.300. The second-order valence-corrected chi connectivity index (χ2v) is 3.27. The van der Waals surface area contributed by atoms with Gasteiger partial charge in [-0.3, -0.25) is 4.79 Å². The number of ether oxygens (including phenoxy) is 2. The molecule has 0 aromatic heterocycles. The summed E-state index contributed by atoms with van der Waals surface area (Å²) < 4.78 is 23.9. The summed E-state index contributed by atoms with van der Waals surface area (Å²) in [6, 6.07) is 0. The van der Waals surface area contributed by atoms with Crippen molar-refractivity contribution in [2.24, 2.45) is 0 Å². The molecular formula is C6H11NO7P+. The van der Waals surface area contributed by atoms with Crippen molar-refractivity contribution < 1.29 is 33.3 Å². The van der Waals surface area contributed by atoms with E-state index in [-0.39, 0.29) is 6.54 Å². The summed E-state index contributed by atoms with van der Waals surface area (Å²) in [6.07, 6.45) is -2.73. The van der Waals surface area contributed by atoms with Crippen LogP contribution in [0, 0.1) is 0 Å². The first-order valence-corrected chi connectivity index (χ1v) is 4.97. The molecule has 0 fully saturated rings. The van der Waals surface area contributed by atoms with Gasteiger partial charge >= 0.3 is 20.3 Å².